The number of hydrogen-bond donors (Lipinski definition) is 0. The minimum Gasteiger partial charge on any atom is -0.497 e. The highest BCUT2D eigenvalue weighted by molar-refractivity contribution is 5.94. The molecule has 0 spiro atoms. The van der Waals surface area contributed by atoms with Crippen LogP contribution < -0.4 is 9.47 Å². The number of ketones is 1. The van der Waals surface area contributed by atoms with Gasteiger partial charge in [-0.1, -0.05) is 6.07 Å². The lowest BCUT2D eigenvalue weighted by molar-refractivity contribution is 0.101. The van der Waals surface area contributed by atoms with Crippen LogP contribution in [0.15, 0.2) is 36.4 Å². The molecule has 0 saturated heterocycles. The summed E-state index contributed by atoms with van der Waals surface area (Å²) in [6, 6.07) is 11.9. The average molecular weight is 325 g/mol. The quantitative estimate of drug-likeness (QED) is 0.789. The zero-order valence-electron chi connectivity index (χ0n) is 14.5. The van der Waals surface area contributed by atoms with E-state index < -0.39 is 0 Å². The third-order valence-corrected chi connectivity index (χ3v) is 4.59. The van der Waals surface area contributed by atoms with Crippen molar-refractivity contribution < 1.29 is 14.3 Å². The molecular formula is C20H23NO3. The van der Waals surface area contributed by atoms with Gasteiger partial charge in [0.1, 0.15) is 11.5 Å². The Morgan fingerprint density at radius 1 is 1.08 bits per heavy atom. The summed E-state index contributed by atoms with van der Waals surface area (Å²) >= 11 is 0. The van der Waals surface area contributed by atoms with Crippen LogP contribution in [0.3, 0.4) is 0 Å². The number of ether oxygens (including phenoxy) is 2. The van der Waals surface area contributed by atoms with Crippen molar-refractivity contribution in [3.8, 4) is 11.5 Å². The Kier molecular flexibility index (Phi) is 4.86. The lowest BCUT2D eigenvalue weighted by atomic mass is 9.98. The van der Waals surface area contributed by atoms with E-state index in [0.717, 1.165) is 48.7 Å². The number of rotatable bonds is 5. The summed E-state index contributed by atoms with van der Waals surface area (Å²) in [6.07, 6.45) is 1.02. The Hall–Kier alpha value is -2.33. The zero-order valence-corrected chi connectivity index (χ0v) is 14.5. The average Bonchev–Trinajstić information content (AvgIpc) is 2.60. The number of carbonyl (C=O) groups excluding carboxylic acids is 1. The van der Waals surface area contributed by atoms with Crippen LogP contribution in [0.5, 0.6) is 11.5 Å². The van der Waals surface area contributed by atoms with E-state index in [9.17, 15) is 4.79 Å². The zero-order chi connectivity index (χ0) is 17.1. The minimum absolute atomic E-state index is 0.0765. The van der Waals surface area contributed by atoms with Crippen molar-refractivity contribution in [3.63, 3.8) is 0 Å². The molecule has 0 fully saturated rings. The van der Waals surface area contributed by atoms with Gasteiger partial charge in [-0.2, -0.15) is 0 Å². The summed E-state index contributed by atoms with van der Waals surface area (Å²) in [4.78, 5) is 14.0. The van der Waals surface area contributed by atoms with Gasteiger partial charge in [0, 0.05) is 30.8 Å². The molecule has 4 nitrogen and oxygen atoms in total. The number of carbonyl (C=O) groups is 1. The van der Waals surface area contributed by atoms with Gasteiger partial charge in [0.2, 0.25) is 0 Å². The van der Waals surface area contributed by atoms with Gasteiger partial charge in [-0.05, 0) is 54.8 Å². The van der Waals surface area contributed by atoms with Gasteiger partial charge in [-0.15, -0.1) is 0 Å². The first-order valence-corrected chi connectivity index (χ1v) is 8.16. The molecule has 4 heteroatoms. The maximum absolute atomic E-state index is 11.7. The minimum atomic E-state index is 0.0765. The van der Waals surface area contributed by atoms with Crippen LogP contribution in [0.2, 0.25) is 0 Å². The maximum atomic E-state index is 11.7. The molecule has 0 N–H and O–H groups in total. The lowest BCUT2D eigenvalue weighted by Gasteiger charge is -2.29. The first-order chi connectivity index (χ1) is 11.6. The van der Waals surface area contributed by atoms with Crippen LogP contribution >= 0.6 is 0 Å². The Bertz CT molecular complexity index is 755. The monoisotopic (exact) mass is 325 g/mol. The van der Waals surface area contributed by atoms with E-state index in [1.165, 1.54) is 11.1 Å². The van der Waals surface area contributed by atoms with Crippen LogP contribution in [0, 0.1) is 0 Å². The molecule has 24 heavy (non-hydrogen) atoms. The Morgan fingerprint density at radius 3 is 2.62 bits per heavy atom. The second-order valence-electron chi connectivity index (χ2n) is 6.18. The third-order valence-electron chi connectivity index (χ3n) is 4.59. The van der Waals surface area contributed by atoms with Gasteiger partial charge in [-0.3, -0.25) is 9.69 Å². The van der Waals surface area contributed by atoms with E-state index >= 15 is 0 Å². The van der Waals surface area contributed by atoms with Crippen LogP contribution in [0.1, 0.15) is 34.0 Å². The number of hydrogen-bond acceptors (Lipinski definition) is 4. The molecule has 2 aromatic carbocycles. The number of nitrogens with zero attached hydrogens (tertiary/aromatic N) is 1. The van der Waals surface area contributed by atoms with Gasteiger partial charge in [0.25, 0.3) is 0 Å². The molecule has 0 aromatic heterocycles. The highest BCUT2D eigenvalue weighted by Gasteiger charge is 2.19. The predicted octanol–water partition coefficient (Wildman–Crippen LogP) is 3.46. The molecule has 3 rings (SSSR count). The van der Waals surface area contributed by atoms with Crippen LogP contribution in [-0.4, -0.2) is 31.4 Å². The van der Waals surface area contributed by atoms with E-state index in [1.807, 2.05) is 24.3 Å². The molecule has 2 aromatic rings. The largest absolute Gasteiger partial charge is 0.497 e. The second kappa shape index (κ2) is 7.05. The molecule has 0 amide bonds. The fourth-order valence-electron chi connectivity index (χ4n) is 3.22. The lowest BCUT2D eigenvalue weighted by Crippen LogP contribution is -2.30. The van der Waals surface area contributed by atoms with E-state index in [-0.39, 0.29) is 5.78 Å². The molecule has 0 saturated carbocycles. The molecule has 0 radical (unpaired) electrons. The van der Waals surface area contributed by atoms with Crippen molar-refractivity contribution in [2.45, 2.75) is 26.4 Å². The number of benzene rings is 2. The summed E-state index contributed by atoms with van der Waals surface area (Å²) in [5, 5.41) is 0. The predicted molar refractivity (Wildman–Crippen MR) is 93.8 cm³/mol. The SMILES string of the molecule is COc1ccc2c(c1)CN(Cc1cc(C(C)=O)ccc1OC)CC2. The van der Waals surface area contributed by atoms with Gasteiger partial charge in [0.15, 0.2) is 5.78 Å². The van der Waals surface area contributed by atoms with Crippen LogP contribution in [0.4, 0.5) is 0 Å². The Balaban J connectivity index is 1.81. The summed E-state index contributed by atoms with van der Waals surface area (Å²) < 4.78 is 10.8. The fraction of sp³-hybridized carbons (Fsp3) is 0.350. The molecular weight excluding hydrogens is 302 g/mol. The first-order valence-electron chi connectivity index (χ1n) is 8.16. The van der Waals surface area contributed by atoms with E-state index in [2.05, 4.69) is 17.0 Å². The van der Waals surface area contributed by atoms with Crippen molar-refractivity contribution in [2.24, 2.45) is 0 Å². The Labute approximate surface area is 143 Å². The molecule has 0 aliphatic carbocycles. The highest BCUT2D eigenvalue weighted by atomic mass is 16.5. The highest BCUT2D eigenvalue weighted by Crippen LogP contribution is 2.27. The molecule has 1 aliphatic rings. The second-order valence-corrected chi connectivity index (χ2v) is 6.18. The van der Waals surface area contributed by atoms with Gasteiger partial charge in [0.05, 0.1) is 14.2 Å². The Morgan fingerprint density at radius 2 is 1.92 bits per heavy atom. The molecule has 0 bridgehead atoms. The molecule has 126 valence electrons. The number of fused-ring (bicyclic) bond motifs is 1. The summed E-state index contributed by atoms with van der Waals surface area (Å²) in [5.74, 6) is 1.80. The van der Waals surface area contributed by atoms with Gasteiger partial charge < -0.3 is 9.47 Å². The van der Waals surface area contributed by atoms with E-state index in [0.29, 0.717) is 0 Å². The molecule has 0 unspecified atom stereocenters. The summed E-state index contributed by atoms with van der Waals surface area (Å²) in [5.41, 5.74) is 4.47. The van der Waals surface area contributed by atoms with Crippen molar-refractivity contribution in [1.29, 1.82) is 0 Å². The molecule has 0 atom stereocenters. The van der Waals surface area contributed by atoms with Crippen LogP contribution in [0.25, 0.3) is 0 Å². The normalized spacial score (nSPS) is 14.1. The fourth-order valence-corrected chi connectivity index (χ4v) is 3.22. The van der Waals surface area contributed by atoms with E-state index in [1.54, 1.807) is 21.1 Å². The summed E-state index contributed by atoms with van der Waals surface area (Å²) in [6.45, 7) is 4.22. The van der Waals surface area contributed by atoms with Crippen molar-refractivity contribution in [3.05, 3.63) is 58.7 Å². The summed E-state index contributed by atoms with van der Waals surface area (Å²) in [7, 11) is 3.36. The molecule has 1 aliphatic heterocycles. The van der Waals surface area contributed by atoms with E-state index in [4.69, 9.17) is 9.47 Å². The van der Waals surface area contributed by atoms with Crippen molar-refractivity contribution in [2.75, 3.05) is 20.8 Å². The maximum Gasteiger partial charge on any atom is 0.159 e. The van der Waals surface area contributed by atoms with Gasteiger partial charge in [-0.25, -0.2) is 0 Å². The first kappa shape index (κ1) is 16.5. The standard InChI is InChI=1S/C20H23NO3/c1-14(22)16-5-7-20(24-3)18(10-16)13-21-9-8-15-4-6-19(23-2)11-17(15)12-21/h4-7,10-11H,8-9,12-13H2,1-3H3. The number of Topliss-reactive ketones (excluding diaryl/α,β-unsaturated/α-hetero) is 1. The number of methoxy groups -OCH3 is 2. The van der Waals surface area contributed by atoms with Gasteiger partial charge >= 0.3 is 0 Å². The third kappa shape index (κ3) is 3.44. The van der Waals surface area contributed by atoms with Crippen LogP contribution in [-0.2, 0) is 19.5 Å². The smallest absolute Gasteiger partial charge is 0.159 e. The van der Waals surface area contributed by atoms with Crippen molar-refractivity contribution in [1.82, 2.24) is 4.90 Å². The van der Waals surface area contributed by atoms with Crippen molar-refractivity contribution >= 4 is 5.78 Å². The topological polar surface area (TPSA) is 38.8 Å². The molecule has 1 heterocycles.